The van der Waals surface area contributed by atoms with Gasteiger partial charge in [0.25, 0.3) is 0 Å². The van der Waals surface area contributed by atoms with Gasteiger partial charge in [0.1, 0.15) is 5.01 Å². The van der Waals surface area contributed by atoms with Crippen molar-refractivity contribution in [3.63, 3.8) is 0 Å². The summed E-state index contributed by atoms with van der Waals surface area (Å²) in [5.41, 5.74) is 2.77. The molecular formula is C18H31IN4S. The number of aromatic nitrogens is 1. The molecule has 1 aromatic heterocycles. The van der Waals surface area contributed by atoms with Crippen LogP contribution in [0.2, 0.25) is 0 Å². The zero-order valence-corrected chi connectivity index (χ0v) is 18.2. The lowest BCUT2D eigenvalue weighted by atomic mass is 9.97. The van der Waals surface area contributed by atoms with Crippen molar-refractivity contribution >= 4 is 41.3 Å². The van der Waals surface area contributed by atoms with Crippen molar-refractivity contribution in [3.8, 4) is 0 Å². The highest BCUT2D eigenvalue weighted by Gasteiger charge is 2.06. The lowest BCUT2D eigenvalue weighted by Crippen LogP contribution is -2.37. The lowest BCUT2D eigenvalue weighted by molar-refractivity contribution is 0.665. The molecule has 0 spiro atoms. The minimum atomic E-state index is 0. The molecule has 0 atom stereocenters. The molecule has 0 unspecified atom stereocenters. The van der Waals surface area contributed by atoms with Crippen molar-refractivity contribution in [2.24, 2.45) is 4.99 Å². The van der Waals surface area contributed by atoms with Crippen LogP contribution in [0.3, 0.4) is 0 Å². The van der Waals surface area contributed by atoms with E-state index in [1.165, 1.54) is 31.4 Å². The van der Waals surface area contributed by atoms with Gasteiger partial charge in [0.05, 0.1) is 12.2 Å². The number of thiazole rings is 1. The van der Waals surface area contributed by atoms with Crippen LogP contribution < -0.4 is 10.6 Å². The van der Waals surface area contributed by atoms with E-state index in [-0.39, 0.29) is 24.0 Å². The maximum atomic E-state index is 4.66. The second-order valence-corrected chi connectivity index (χ2v) is 7.24. The van der Waals surface area contributed by atoms with Crippen molar-refractivity contribution in [1.29, 1.82) is 0 Å². The van der Waals surface area contributed by atoms with Crippen molar-refractivity contribution in [3.05, 3.63) is 27.7 Å². The Morgan fingerprint density at radius 2 is 2.17 bits per heavy atom. The topological polar surface area (TPSA) is 49.3 Å². The van der Waals surface area contributed by atoms with Gasteiger partial charge in [-0.05, 0) is 44.9 Å². The molecule has 1 aromatic rings. The molecule has 0 aliphatic heterocycles. The number of nitrogens with one attached hydrogen (secondary N) is 2. The summed E-state index contributed by atoms with van der Waals surface area (Å²) in [6.07, 6.45) is 8.77. The molecule has 2 N–H and O–H groups in total. The Morgan fingerprint density at radius 1 is 1.33 bits per heavy atom. The van der Waals surface area contributed by atoms with Crippen LogP contribution in [0.5, 0.6) is 0 Å². The first-order valence-electron chi connectivity index (χ1n) is 8.83. The van der Waals surface area contributed by atoms with Gasteiger partial charge in [-0.15, -0.1) is 35.3 Å². The quantitative estimate of drug-likeness (QED) is 0.264. The van der Waals surface area contributed by atoms with Crippen LogP contribution in [0, 0.1) is 0 Å². The van der Waals surface area contributed by atoms with Crippen LogP contribution in [-0.4, -0.2) is 24.0 Å². The molecule has 0 bridgehead atoms. The highest BCUT2D eigenvalue weighted by Crippen LogP contribution is 2.19. The molecule has 0 saturated carbocycles. The van der Waals surface area contributed by atoms with Crippen LogP contribution >= 0.6 is 35.3 Å². The Bertz CT molecular complexity index is 537. The summed E-state index contributed by atoms with van der Waals surface area (Å²) in [6, 6.07) is 0. The first kappa shape index (κ1) is 21.4. The summed E-state index contributed by atoms with van der Waals surface area (Å²) < 4.78 is 0. The van der Waals surface area contributed by atoms with Crippen LogP contribution in [0.4, 0.5) is 0 Å². The van der Waals surface area contributed by atoms with E-state index in [0.717, 1.165) is 30.5 Å². The molecule has 0 saturated heterocycles. The van der Waals surface area contributed by atoms with Gasteiger partial charge in [-0.1, -0.05) is 25.5 Å². The molecule has 4 nitrogen and oxygen atoms in total. The third kappa shape index (κ3) is 7.51. The molecule has 0 fully saturated rings. The fourth-order valence-corrected chi connectivity index (χ4v) is 3.50. The summed E-state index contributed by atoms with van der Waals surface area (Å²) in [5, 5.41) is 9.99. The fourth-order valence-electron chi connectivity index (χ4n) is 2.62. The van der Waals surface area contributed by atoms with E-state index in [2.05, 4.69) is 52.8 Å². The largest absolute Gasteiger partial charge is 0.357 e. The number of hydrogen-bond donors (Lipinski definition) is 2. The van der Waals surface area contributed by atoms with Crippen molar-refractivity contribution in [2.75, 3.05) is 13.1 Å². The van der Waals surface area contributed by atoms with Gasteiger partial charge in [-0.2, -0.15) is 0 Å². The number of halogens is 1. The smallest absolute Gasteiger partial charge is 0.191 e. The predicted octanol–water partition coefficient (Wildman–Crippen LogP) is 4.83. The molecule has 0 aromatic carbocycles. The van der Waals surface area contributed by atoms with Crippen LogP contribution in [0.1, 0.15) is 69.5 Å². The zero-order chi connectivity index (χ0) is 16.5. The molecule has 0 amide bonds. The Kier molecular flexibility index (Phi) is 10.6. The fraction of sp³-hybridized carbons (Fsp3) is 0.667. The molecular weight excluding hydrogens is 431 g/mol. The molecule has 2 rings (SSSR count). The summed E-state index contributed by atoms with van der Waals surface area (Å²) in [5.74, 6) is 1.38. The van der Waals surface area contributed by atoms with E-state index in [1.54, 1.807) is 16.9 Å². The minimum Gasteiger partial charge on any atom is -0.357 e. The SMILES string of the molecule is CCNC(=NCc1nc(C(C)C)cs1)NCCC1=CCCCC1.I. The van der Waals surface area contributed by atoms with Crippen molar-refractivity contribution in [1.82, 2.24) is 15.6 Å². The predicted molar refractivity (Wildman–Crippen MR) is 116 cm³/mol. The maximum Gasteiger partial charge on any atom is 0.191 e. The van der Waals surface area contributed by atoms with Gasteiger partial charge in [-0.25, -0.2) is 9.98 Å². The first-order chi connectivity index (χ1) is 11.2. The second kappa shape index (κ2) is 11.8. The molecule has 24 heavy (non-hydrogen) atoms. The maximum absolute atomic E-state index is 4.66. The van der Waals surface area contributed by atoms with E-state index in [4.69, 9.17) is 0 Å². The van der Waals surface area contributed by atoms with Crippen LogP contribution in [-0.2, 0) is 6.54 Å². The Labute approximate surface area is 167 Å². The highest BCUT2D eigenvalue weighted by molar-refractivity contribution is 14.0. The molecule has 1 aliphatic rings. The third-order valence-electron chi connectivity index (χ3n) is 4.00. The van der Waals surface area contributed by atoms with Gasteiger partial charge in [-0.3, -0.25) is 0 Å². The molecule has 1 heterocycles. The number of rotatable bonds is 7. The average molecular weight is 462 g/mol. The summed E-state index contributed by atoms with van der Waals surface area (Å²) in [4.78, 5) is 9.30. The molecule has 6 heteroatoms. The minimum absolute atomic E-state index is 0. The zero-order valence-electron chi connectivity index (χ0n) is 15.1. The number of guanidine groups is 1. The van der Waals surface area contributed by atoms with Gasteiger partial charge in [0.2, 0.25) is 0 Å². The summed E-state index contributed by atoms with van der Waals surface area (Å²) >= 11 is 1.70. The molecule has 0 radical (unpaired) electrons. The second-order valence-electron chi connectivity index (χ2n) is 6.30. The summed E-state index contributed by atoms with van der Waals surface area (Å²) in [6.45, 7) is 8.92. The van der Waals surface area contributed by atoms with Crippen molar-refractivity contribution in [2.45, 2.75) is 65.3 Å². The van der Waals surface area contributed by atoms with E-state index in [0.29, 0.717) is 12.5 Å². The Hall–Kier alpha value is -0.630. The van der Waals surface area contributed by atoms with E-state index in [1.807, 2.05) is 0 Å². The van der Waals surface area contributed by atoms with E-state index >= 15 is 0 Å². The lowest BCUT2D eigenvalue weighted by Gasteiger charge is -2.15. The Morgan fingerprint density at radius 3 is 2.79 bits per heavy atom. The number of nitrogens with zero attached hydrogens (tertiary/aromatic N) is 2. The monoisotopic (exact) mass is 462 g/mol. The number of aliphatic imine (C=N–C) groups is 1. The van der Waals surface area contributed by atoms with Gasteiger partial charge < -0.3 is 10.6 Å². The van der Waals surface area contributed by atoms with Gasteiger partial charge in [0.15, 0.2) is 5.96 Å². The van der Waals surface area contributed by atoms with Crippen LogP contribution in [0.15, 0.2) is 22.0 Å². The van der Waals surface area contributed by atoms with E-state index < -0.39 is 0 Å². The van der Waals surface area contributed by atoms with Gasteiger partial charge in [0, 0.05) is 18.5 Å². The number of allylic oxidation sites excluding steroid dienone is 1. The summed E-state index contributed by atoms with van der Waals surface area (Å²) in [7, 11) is 0. The average Bonchev–Trinajstić information content (AvgIpc) is 3.03. The third-order valence-corrected chi connectivity index (χ3v) is 4.85. The normalized spacial score (nSPS) is 15.0. The van der Waals surface area contributed by atoms with E-state index in [9.17, 15) is 0 Å². The van der Waals surface area contributed by atoms with Crippen LogP contribution in [0.25, 0.3) is 0 Å². The van der Waals surface area contributed by atoms with Gasteiger partial charge >= 0.3 is 0 Å². The first-order valence-corrected chi connectivity index (χ1v) is 9.71. The number of hydrogen-bond acceptors (Lipinski definition) is 3. The van der Waals surface area contributed by atoms with Crippen molar-refractivity contribution < 1.29 is 0 Å². The Balaban J connectivity index is 0.00000288. The molecule has 1 aliphatic carbocycles. The molecule has 136 valence electrons. The standard InChI is InChI=1S/C18H30N4S.HI/c1-4-19-18(20-11-10-15-8-6-5-7-9-15)21-12-17-22-16(13-23-17)14(2)3;/h8,13-14H,4-7,9-12H2,1-3H3,(H2,19,20,21);1H. The highest BCUT2D eigenvalue weighted by atomic mass is 127.